The van der Waals surface area contributed by atoms with Gasteiger partial charge in [-0.3, -0.25) is 4.99 Å². The minimum absolute atomic E-state index is 0. The molecule has 7 heteroatoms. The van der Waals surface area contributed by atoms with Gasteiger partial charge in [0.1, 0.15) is 5.15 Å². The van der Waals surface area contributed by atoms with Crippen molar-refractivity contribution in [3.8, 4) is 0 Å². The van der Waals surface area contributed by atoms with Gasteiger partial charge in [0.25, 0.3) is 0 Å². The van der Waals surface area contributed by atoms with Crippen molar-refractivity contribution in [1.82, 2.24) is 15.6 Å². The van der Waals surface area contributed by atoms with Crippen molar-refractivity contribution in [1.29, 1.82) is 0 Å². The smallest absolute Gasteiger partial charge is 0.190 e. The Bertz CT molecular complexity index is 727. The second-order valence-corrected chi connectivity index (χ2v) is 7.11. The molecular weight excluding hydrogens is 487 g/mol. The number of rotatable bonds is 6. The SMILES string of the molecule is CN=C(NCCc1ccc(Cl)nc1)NCC1CCCOC1c1ccccc1.I. The number of benzene rings is 1. The Balaban J connectivity index is 0.00000280. The summed E-state index contributed by atoms with van der Waals surface area (Å²) in [5.74, 6) is 1.24. The predicted molar refractivity (Wildman–Crippen MR) is 126 cm³/mol. The van der Waals surface area contributed by atoms with Crippen molar-refractivity contribution in [2.24, 2.45) is 10.9 Å². The summed E-state index contributed by atoms with van der Waals surface area (Å²) in [7, 11) is 1.80. The van der Waals surface area contributed by atoms with Gasteiger partial charge >= 0.3 is 0 Å². The molecule has 1 aliphatic rings. The Hall–Kier alpha value is -1.38. The summed E-state index contributed by atoms with van der Waals surface area (Å²) in [6.45, 7) is 2.45. The van der Waals surface area contributed by atoms with E-state index in [1.54, 1.807) is 7.05 Å². The lowest BCUT2D eigenvalue weighted by molar-refractivity contribution is -0.0265. The van der Waals surface area contributed by atoms with E-state index in [2.05, 4.69) is 44.9 Å². The van der Waals surface area contributed by atoms with E-state index in [1.807, 2.05) is 24.4 Å². The first kappa shape index (κ1) is 22.9. The van der Waals surface area contributed by atoms with Crippen molar-refractivity contribution in [2.75, 3.05) is 26.7 Å². The molecule has 0 amide bonds. The maximum absolute atomic E-state index is 6.07. The van der Waals surface area contributed by atoms with Crippen LogP contribution in [0.4, 0.5) is 0 Å². The molecule has 0 bridgehead atoms. The predicted octanol–water partition coefficient (Wildman–Crippen LogP) is 4.23. The summed E-state index contributed by atoms with van der Waals surface area (Å²) in [4.78, 5) is 8.44. The number of aromatic nitrogens is 1. The first-order valence-electron chi connectivity index (χ1n) is 9.48. The third-order valence-corrected chi connectivity index (χ3v) is 5.05. The molecule has 0 aliphatic carbocycles. The second kappa shape index (κ2) is 12.2. The fraction of sp³-hybridized carbons (Fsp3) is 0.429. The lowest BCUT2D eigenvalue weighted by Crippen LogP contribution is -2.42. The highest BCUT2D eigenvalue weighted by molar-refractivity contribution is 14.0. The summed E-state index contributed by atoms with van der Waals surface area (Å²) in [6.07, 6.45) is 5.07. The minimum atomic E-state index is 0. The maximum atomic E-state index is 6.07. The van der Waals surface area contributed by atoms with E-state index in [0.29, 0.717) is 11.1 Å². The number of nitrogens with zero attached hydrogens (tertiary/aromatic N) is 2. The molecule has 1 aliphatic heterocycles. The molecule has 0 radical (unpaired) electrons. The highest BCUT2D eigenvalue weighted by Crippen LogP contribution is 2.32. The van der Waals surface area contributed by atoms with Gasteiger partial charge < -0.3 is 15.4 Å². The van der Waals surface area contributed by atoms with Gasteiger partial charge in [-0.2, -0.15) is 0 Å². The molecule has 2 atom stereocenters. The lowest BCUT2D eigenvalue weighted by Gasteiger charge is -2.32. The molecule has 0 spiro atoms. The van der Waals surface area contributed by atoms with Crippen molar-refractivity contribution >= 4 is 41.5 Å². The molecule has 1 fully saturated rings. The highest BCUT2D eigenvalue weighted by Gasteiger charge is 2.27. The summed E-state index contributed by atoms with van der Waals surface area (Å²) >= 11 is 5.82. The van der Waals surface area contributed by atoms with Crippen LogP contribution in [0.3, 0.4) is 0 Å². The molecule has 5 nitrogen and oxygen atoms in total. The molecule has 1 aromatic carbocycles. The van der Waals surface area contributed by atoms with Crippen LogP contribution in [-0.4, -0.2) is 37.7 Å². The van der Waals surface area contributed by atoms with Gasteiger partial charge in [-0.1, -0.05) is 48.0 Å². The van der Waals surface area contributed by atoms with Crippen LogP contribution in [0.25, 0.3) is 0 Å². The van der Waals surface area contributed by atoms with Gasteiger partial charge in [0.05, 0.1) is 6.10 Å². The number of hydrogen-bond donors (Lipinski definition) is 2. The monoisotopic (exact) mass is 514 g/mol. The van der Waals surface area contributed by atoms with E-state index >= 15 is 0 Å². The zero-order valence-corrected chi connectivity index (χ0v) is 19.2. The summed E-state index contributed by atoms with van der Waals surface area (Å²) in [5, 5.41) is 7.34. The Labute approximate surface area is 189 Å². The van der Waals surface area contributed by atoms with Crippen LogP contribution in [-0.2, 0) is 11.2 Å². The fourth-order valence-electron chi connectivity index (χ4n) is 3.39. The van der Waals surface area contributed by atoms with Crippen molar-refractivity contribution in [3.05, 3.63) is 64.9 Å². The van der Waals surface area contributed by atoms with E-state index < -0.39 is 0 Å². The van der Waals surface area contributed by atoms with Crippen LogP contribution in [0.15, 0.2) is 53.7 Å². The Morgan fingerprint density at radius 1 is 1.21 bits per heavy atom. The van der Waals surface area contributed by atoms with Gasteiger partial charge in [0.15, 0.2) is 5.96 Å². The third kappa shape index (κ3) is 6.90. The van der Waals surface area contributed by atoms with Gasteiger partial charge in [-0.05, 0) is 36.5 Å². The zero-order valence-electron chi connectivity index (χ0n) is 16.1. The molecule has 2 aromatic rings. The van der Waals surface area contributed by atoms with Crippen LogP contribution >= 0.6 is 35.6 Å². The standard InChI is InChI=1S/C21H27ClN4O.HI/c1-23-21(24-12-11-16-9-10-19(22)25-14-16)26-15-18-8-5-13-27-20(18)17-6-3-2-4-7-17;/h2-4,6-7,9-10,14,18,20H,5,8,11-13,15H2,1H3,(H2,23,24,26);1H. The topological polar surface area (TPSA) is 58.5 Å². The normalized spacial score (nSPS) is 19.6. The van der Waals surface area contributed by atoms with Crippen molar-refractivity contribution in [3.63, 3.8) is 0 Å². The van der Waals surface area contributed by atoms with Crippen molar-refractivity contribution < 1.29 is 4.74 Å². The van der Waals surface area contributed by atoms with Gasteiger partial charge in [0.2, 0.25) is 0 Å². The van der Waals surface area contributed by atoms with E-state index in [0.717, 1.165) is 50.5 Å². The number of nitrogens with one attached hydrogen (secondary N) is 2. The van der Waals surface area contributed by atoms with Crippen molar-refractivity contribution in [2.45, 2.75) is 25.4 Å². The summed E-state index contributed by atoms with van der Waals surface area (Å²) in [6, 6.07) is 14.3. The fourth-order valence-corrected chi connectivity index (χ4v) is 3.50. The Kier molecular flexibility index (Phi) is 10.0. The average molecular weight is 515 g/mol. The number of halogens is 2. The highest BCUT2D eigenvalue weighted by atomic mass is 127. The van der Waals surface area contributed by atoms with Crippen LogP contribution < -0.4 is 10.6 Å². The molecule has 1 aromatic heterocycles. The number of guanidine groups is 1. The molecule has 28 heavy (non-hydrogen) atoms. The summed E-state index contributed by atoms with van der Waals surface area (Å²) in [5.41, 5.74) is 2.40. The van der Waals surface area contributed by atoms with Crippen LogP contribution in [0, 0.1) is 5.92 Å². The van der Waals surface area contributed by atoms with Gasteiger partial charge in [0, 0.05) is 38.9 Å². The molecule has 2 unspecified atom stereocenters. The number of ether oxygens (including phenoxy) is 1. The molecule has 2 heterocycles. The van der Waals surface area contributed by atoms with Gasteiger partial charge in [-0.15, -0.1) is 24.0 Å². The van der Waals surface area contributed by atoms with E-state index in [-0.39, 0.29) is 30.1 Å². The Morgan fingerprint density at radius 3 is 2.75 bits per heavy atom. The maximum Gasteiger partial charge on any atom is 0.190 e. The van der Waals surface area contributed by atoms with Gasteiger partial charge in [-0.25, -0.2) is 4.98 Å². The van der Waals surface area contributed by atoms with E-state index in [1.165, 1.54) is 5.56 Å². The molecule has 1 saturated heterocycles. The van der Waals surface area contributed by atoms with Crippen LogP contribution in [0.1, 0.15) is 30.1 Å². The molecular formula is C21H28ClIN4O. The van der Waals surface area contributed by atoms with Crippen LogP contribution in [0.2, 0.25) is 5.15 Å². The van der Waals surface area contributed by atoms with E-state index in [9.17, 15) is 0 Å². The molecule has 3 rings (SSSR count). The van der Waals surface area contributed by atoms with E-state index in [4.69, 9.17) is 16.3 Å². The number of pyridine rings is 1. The molecule has 152 valence electrons. The van der Waals surface area contributed by atoms with Crippen LogP contribution in [0.5, 0.6) is 0 Å². The first-order chi connectivity index (χ1) is 13.3. The zero-order chi connectivity index (χ0) is 18.9. The third-order valence-electron chi connectivity index (χ3n) is 4.82. The number of aliphatic imine (C=N–C) groups is 1. The average Bonchev–Trinajstić information content (AvgIpc) is 2.73. The number of hydrogen-bond acceptors (Lipinski definition) is 3. The molecule has 2 N–H and O–H groups in total. The second-order valence-electron chi connectivity index (χ2n) is 6.72. The largest absolute Gasteiger partial charge is 0.373 e. The summed E-state index contributed by atoms with van der Waals surface area (Å²) < 4.78 is 6.07. The first-order valence-corrected chi connectivity index (χ1v) is 9.85. The minimum Gasteiger partial charge on any atom is -0.373 e. The lowest BCUT2D eigenvalue weighted by atomic mass is 9.89. The molecule has 0 saturated carbocycles. The Morgan fingerprint density at radius 2 is 2.04 bits per heavy atom. The quantitative estimate of drug-likeness (QED) is 0.262.